The van der Waals surface area contributed by atoms with E-state index in [4.69, 9.17) is 9.26 Å². The number of aryl methyl sites for hydroxylation is 1. The fraction of sp³-hybridized carbons (Fsp3) is 0.296. The molecule has 2 aliphatic rings. The van der Waals surface area contributed by atoms with Gasteiger partial charge in [-0.3, -0.25) is 24.6 Å². The number of carboxylic acids is 1. The van der Waals surface area contributed by atoms with Gasteiger partial charge < -0.3 is 19.3 Å². The van der Waals surface area contributed by atoms with E-state index < -0.39 is 29.5 Å². The fourth-order valence-electron chi connectivity index (χ4n) is 4.52. The predicted molar refractivity (Wildman–Crippen MR) is 136 cm³/mol. The molecular weight excluding hydrogens is 492 g/mol. The van der Waals surface area contributed by atoms with Gasteiger partial charge in [0, 0.05) is 5.69 Å². The van der Waals surface area contributed by atoms with E-state index in [1.165, 1.54) is 4.90 Å². The Labute approximate surface area is 218 Å². The lowest BCUT2D eigenvalue weighted by atomic mass is 9.96. The van der Waals surface area contributed by atoms with Gasteiger partial charge >= 0.3 is 12.1 Å². The van der Waals surface area contributed by atoms with E-state index in [9.17, 15) is 24.3 Å². The number of nitrogens with zero attached hydrogens (tertiary/aromatic N) is 3. The third-order valence-corrected chi connectivity index (χ3v) is 6.95. The van der Waals surface area contributed by atoms with Crippen LogP contribution in [0.1, 0.15) is 42.7 Å². The van der Waals surface area contributed by atoms with E-state index in [0.717, 1.165) is 10.5 Å². The molecule has 1 unspecified atom stereocenters. The largest absolute Gasteiger partial charge is 0.481 e. The van der Waals surface area contributed by atoms with Gasteiger partial charge in [-0.2, -0.15) is 0 Å². The summed E-state index contributed by atoms with van der Waals surface area (Å²) in [6.45, 7) is 2.73. The molecule has 3 amide bonds. The number of hydrogen-bond acceptors (Lipinski definition) is 7. The second kappa shape index (κ2) is 9.66. The lowest BCUT2D eigenvalue weighted by molar-refractivity contribution is -0.140. The monoisotopic (exact) mass is 518 g/mol. The zero-order valence-corrected chi connectivity index (χ0v) is 20.8. The molecule has 2 heterocycles. The van der Waals surface area contributed by atoms with Crippen molar-refractivity contribution < 1.29 is 33.5 Å². The van der Waals surface area contributed by atoms with Gasteiger partial charge in [-0.1, -0.05) is 47.6 Å². The highest BCUT2D eigenvalue weighted by molar-refractivity contribution is 6.13. The zero-order chi connectivity index (χ0) is 27.0. The van der Waals surface area contributed by atoms with Crippen LogP contribution in [-0.4, -0.2) is 47.2 Å². The second-order valence-corrected chi connectivity index (χ2v) is 9.43. The number of ether oxygens (including phenoxy) is 1. The molecule has 0 bridgehead atoms. The minimum absolute atomic E-state index is 0.0581. The quantitative estimate of drug-likeness (QED) is 0.481. The molecule has 1 atom stereocenters. The van der Waals surface area contributed by atoms with Crippen LogP contribution in [0.4, 0.5) is 22.1 Å². The minimum atomic E-state index is -0.865. The molecule has 2 aromatic carbocycles. The maximum atomic E-state index is 13.1. The number of aliphatic carboxylic acids is 1. The Hall–Kier alpha value is -4.67. The molecule has 38 heavy (non-hydrogen) atoms. The number of carboxylic acid groups (broad SMARTS) is 1. The molecule has 1 saturated heterocycles. The average Bonchev–Trinajstić information content (AvgIpc) is 3.65. The Balaban J connectivity index is 1.28. The molecule has 11 nitrogen and oxygen atoms in total. The Bertz CT molecular complexity index is 1400. The highest BCUT2D eigenvalue weighted by Crippen LogP contribution is 2.48. The highest BCUT2D eigenvalue weighted by Gasteiger charge is 2.51. The van der Waals surface area contributed by atoms with Crippen molar-refractivity contribution in [3.63, 3.8) is 0 Å². The third-order valence-electron chi connectivity index (χ3n) is 6.95. The lowest BCUT2D eigenvalue weighted by Gasteiger charge is -2.32. The molecule has 1 saturated carbocycles. The number of rotatable bonds is 7. The molecule has 0 radical (unpaired) electrons. The number of hydrogen-bond donors (Lipinski definition) is 2. The van der Waals surface area contributed by atoms with Crippen LogP contribution >= 0.6 is 0 Å². The fourth-order valence-corrected chi connectivity index (χ4v) is 4.52. The number of piperazine rings is 1. The average molecular weight is 519 g/mol. The maximum absolute atomic E-state index is 13.1. The summed E-state index contributed by atoms with van der Waals surface area (Å²) in [5.74, 6) is -1.74. The molecule has 5 rings (SSSR count). The van der Waals surface area contributed by atoms with Crippen LogP contribution in [0.2, 0.25) is 0 Å². The summed E-state index contributed by atoms with van der Waals surface area (Å²) in [6, 6.07) is 15.9. The van der Waals surface area contributed by atoms with E-state index in [1.54, 1.807) is 38.1 Å². The van der Waals surface area contributed by atoms with Crippen molar-refractivity contribution in [2.24, 2.45) is 0 Å². The van der Waals surface area contributed by atoms with Crippen molar-refractivity contribution in [1.82, 2.24) is 5.16 Å². The third kappa shape index (κ3) is 4.58. The molecule has 2 N–H and O–H groups in total. The summed E-state index contributed by atoms with van der Waals surface area (Å²) in [7, 11) is 0. The Kier molecular flexibility index (Phi) is 6.35. The van der Waals surface area contributed by atoms with Crippen molar-refractivity contribution in [2.75, 3.05) is 28.2 Å². The normalized spacial score (nSPS) is 17.2. The van der Waals surface area contributed by atoms with Crippen molar-refractivity contribution in [3.05, 3.63) is 71.4 Å². The van der Waals surface area contributed by atoms with Gasteiger partial charge in [0.25, 0.3) is 5.88 Å². The second-order valence-electron chi connectivity index (χ2n) is 9.43. The first-order valence-electron chi connectivity index (χ1n) is 12.1. The molecule has 2 fully saturated rings. The van der Waals surface area contributed by atoms with Gasteiger partial charge in [0.2, 0.25) is 11.8 Å². The first-order valence-corrected chi connectivity index (χ1v) is 12.1. The van der Waals surface area contributed by atoms with Gasteiger partial charge in [0.1, 0.15) is 30.6 Å². The van der Waals surface area contributed by atoms with Crippen molar-refractivity contribution in [2.45, 2.75) is 38.2 Å². The standard InChI is InChI=1S/C27H26N4O7/c1-16-23(28-26(36)37-17(2)18-6-4-3-5-7-18)24(38-29-16)31-15-21(32)30(14-22(31)33)20-10-8-19(9-11-20)27(12-13-27)25(34)35/h3-11,17H,12-15H2,1-2H3,(H,28,36)(H,34,35). The van der Waals surface area contributed by atoms with Gasteiger partial charge in [0.15, 0.2) is 0 Å². The van der Waals surface area contributed by atoms with Gasteiger partial charge in [0.05, 0.1) is 5.41 Å². The molecule has 1 aromatic heterocycles. The van der Waals surface area contributed by atoms with Gasteiger partial charge in [-0.05, 0) is 49.9 Å². The molecule has 1 aliphatic carbocycles. The number of anilines is 3. The van der Waals surface area contributed by atoms with Gasteiger partial charge in [-0.15, -0.1) is 0 Å². The topological polar surface area (TPSA) is 142 Å². The molecule has 1 aliphatic heterocycles. The number of amides is 3. The van der Waals surface area contributed by atoms with Gasteiger partial charge in [-0.25, -0.2) is 4.79 Å². The number of benzene rings is 2. The lowest BCUT2D eigenvalue weighted by Crippen LogP contribution is -2.54. The van der Waals surface area contributed by atoms with Crippen molar-refractivity contribution in [1.29, 1.82) is 0 Å². The summed E-state index contributed by atoms with van der Waals surface area (Å²) >= 11 is 0. The molecular formula is C27H26N4O7. The summed E-state index contributed by atoms with van der Waals surface area (Å²) in [6.07, 6.45) is -0.142. The summed E-state index contributed by atoms with van der Waals surface area (Å²) in [5, 5.41) is 15.9. The molecule has 196 valence electrons. The van der Waals surface area contributed by atoms with E-state index in [-0.39, 0.29) is 30.6 Å². The van der Waals surface area contributed by atoms with Crippen LogP contribution in [0.3, 0.4) is 0 Å². The summed E-state index contributed by atoms with van der Waals surface area (Å²) in [4.78, 5) is 52.8. The Morgan fingerprint density at radius 2 is 1.66 bits per heavy atom. The van der Waals surface area contributed by atoms with E-state index >= 15 is 0 Å². The number of carbonyl (C=O) groups excluding carboxylic acids is 3. The number of aromatic nitrogens is 1. The maximum Gasteiger partial charge on any atom is 0.412 e. The van der Waals surface area contributed by atoms with Crippen molar-refractivity contribution in [3.8, 4) is 0 Å². The van der Waals surface area contributed by atoms with E-state index in [2.05, 4.69) is 10.5 Å². The SMILES string of the molecule is Cc1noc(N2CC(=O)N(c3ccc(C4(C(=O)O)CC4)cc3)CC2=O)c1NC(=O)OC(C)c1ccccc1. The van der Waals surface area contributed by atoms with E-state index in [1.807, 2.05) is 30.3 Å². The number of nitrogens with one attached hydrogen (secondary N) is 1. The predicted octanol–water partition coefficient (Wildman–Crippen LogP) is 3.79. The summed E-state index contributed by atoms with van der Waals surface area (Å²) < 4.78 is 10.8. The zero-order valence-electron chi connectivity index (χ0n) is 20.8. The molecule has 0 spiro atoms. The Morgan fingerprint density at radius 3 is 2.29 bits per heavy atom. The first kappa shape index (κ1) is 25.0. The van der Waals surface area contributed by atoms with Crippen LogP contribution in [0.5, 0.6) is 0 Å². The van der Waals surface area contributed by atoms with Crippen LogP contribution in [0.15, 0.2) is 59.1 Å². The molecule has 3 aromatic rings. The summed E-state index contributed by atoms with van der Waals surface area (Å²) in [5.41, 5.74) is 1.56. The van der Waals surface area contributed by atoms with Crippen LogP contribution in [0, 0.1) is 6.92 Å². The smallest absolute Gasteiger partial charge is 0.412 e. The highest BCUT2D eigenvalue weighted by atomic mass is 16.6. The Morgan fingerprint density at radius 1 is 1.03 bits per heavy atom. The van der Waals surface area contributed by atoms with Crippen LogP contribution in [0.25, 0.3) is 0 Å². The van der Waals surface area contributed by atoms with E-state index in [0.29, 0.717) is 29.8 Å². The van der Waals surface area contributed by atoms with Crippen molar-refractivity contribution >= 4 is 41.1 Å². The molecule has 11 heteroatoms. The first-order chi connectivity index (χ1) is 18.2. The van der Waals surface area contributed by atoms with Crippen LogP contribution in [-0.2, 0) is 24.5 Å². The minimum Gasteiger partial charge on any atom is -0.481 e. The number of carbonyl (C=O) groups is 4. The van der Waals surface area contributed by atoms with Crippen LogP contribution < -0.4 is 15.1 Å².